The van der Waals surface area contributed by atoms with Crippen LogP contribution in [0, 0.1) is 0 Å². The van der Waals surface area contributed by atoms with Gasteiger partial charge in [-0.1, -0.05) is 42.5 Å². The third-order valence-electron chi connectivity index (χ3n) is 5.80. The maximum atomic E-state index is 5.64. The number of hydrogen-bond acceptors (Lipinski definition) is 5. The van der Waals surface area contributed by atoms with Gasteiger partial charge >= 0.3 is 0 Å². The lowest BCUT2D eigenvalue weighted by Crippen LogP contribution is -2.44. The molecule has 2 aromatic carbocycles. The van der Waals surface area contributed by atoms with E-state index in [4.69, 9.17) is 14.7 Å². The second kappa shape index (κ2) is 7.80. The number of benzene rings is 2. The Morgan fingerprint density at radius 1 is 0.867 bits per heavy atom. The first-order chi connectivity index (χ1) is 14.8. The molecule has 0 spiro atoms. The second-order valence-corrected chi connectivity index (χ2v) is 7.64. The molecule has 0 atom stereocenters. The molecular formula is C24H25N5O. The van der Waals surface area contributed by atoms with E-state index in [1.807, 2.05) is 24.3 Å². The fourth-order valence-corrected chi connectivity index (χ4v) is 4.15. The third kappa shape index (κ3) is 3.19. The zero-order valence-electron chi connectivity index (χ0n) is 17.3. The zero-order chi connectivity index (χ0) is 20.5. The molecule has 0 bridgehead atoms. The SMILES string of the molecule is COc1ccccc1-n1cc(-c2ccccc2)c2c(N3CCN(C)CC3)ncnc21. The van der Waals surface area contributed by atoms with Crippen LogP contribution in [0.5, 0.6) is 5.75 Å². The van der Waals surface area contributed by atoms with E-state index in [-0.39, 0.29) is 0 Å². The Kier molecular flexibility index (Phi) is 4.85. The Labute approximate surface area is 176 Å². The summed E-state index contributed by atoms with van der Waals surface area (Å²) in [4.78, 5) is 14.2. The Hall–Kier alpha value is -3.38. The van der Waals surface area contributed by atoms with Crippen molar-refractivity contribution in [3.05, 3.63) is 67.1 Å². The van der Waals surface area contributed by atoms with Gasteiger partial charge in [0.2, 0.25) is 0 Å². The fourth-order valence-electron chi connectivity index (χ4n) is 4.15. The predicted octanol–water partition coefficient (Wildman–Crippen LogP) is 3.85. The van der Waals surface area contributed by atoms with E-state index < -0.39 is 0 Å². The van der Waals surface area contributed by atoms with Gasteiger partial charge in [0.25, 0.3) is 0 Å². The highest BCUT2D eigenvalue weighted by Crippen LogP contribution is 2.38. The second-order valence-electron chi connectivity index (χ2n) is 7.64. The third-order valence-corrected chi connectivity index (χ3v) is 5.80. The van der Waals surface area contributed by atoms with Crippen molar-refractivity contribution in [3.63, 3.8) is 0 Å². The Balaban J connectivity index is 1.76. The average Bonchev–Trinajstić information content (AvgIpc) is 3.20. The largest absolute Gasteiger partial charge is 0.495 e. The number of fused-ring (bicyclic) bond motifs is 1. The minimum absolute atomic E-state index is 0.814. The number of anilines is 1. The van der Waals surface area contributed by atoms with Crippen LogP contribution in [-0.4, -0.2) is 59.8 Å². The molecule has 0 aliphatic carbocycles. The average molecular weight is 399 g/mol. The van der Waals surface area contributed by atoms with Crippen LogP contribution in [0.1, 0.15) is 0 Å². The van der Waals surface area contributed by atoms with Crippen molar-refractivity contribution < 1.29 is 4.74 Å². The molecule has 0 saturated carbocycles. The predicted molar refractivity (Wildman–Crippen MR) is 121 cm³/mol. The van der Waals surface area contributed by atoms with E-state index in [0.29, 0.717) is 0 Å². The van der Waals surface area contributed by atoms with E-state index in [0.717, 1.165) is 65.6 Å². The summed E-state index contributed by atoms with van der Waals surface area (Å²) in [5, 5.41) is 1.08. The van der Waals surface area contributed by atoms with Gasteiger partial charge in [0.05, 0.1) is 18.2 Å². The van der Waals surface area contributed by atoms with Gasteiger partial charge in [-0.15, -0.1) is 0 Å². The molecule has 5 rings (SSSR count). The van der Waals surface area contributed by atoms with Crippen LogP contribution in [0.3, 0.4) is 0 Å². The standard InChI is InChI=1S/C24H25N5O/c1-27-12-14-28(15-13-27)23-22-19(18-8-4-3-5-9-18)16-29(24(22)26-17-25-23)20-10-6-7-11-21(20)30-2/h3-11,16-17H,12-15H2,1-2H3. The van der Waals surface area contributed by atoms with Gasteiger partial charge in [-0.3, -0.25) is 4.57 Å². The number of hydrogen-bond donors (Lipinski definition) is 0. The van der Waals surface area contributed by atoms with Crippen molar-refractivity contribution in [2.75, 3.05) is 45.2 Å². The van der Waals surface area contributed by atoms with Crippen molar-refractivity contribution in [1.29, 1.82) is 0 Å². The number of likely N-dealkylation sites (N-methyl/N-ethyl adjacent to an activating group) is 1. The van der Waals surface area contributed by atoms with Crippen molar-refractivity contribution in [2.45, 2.75) is 0 Å². The molecule has 152 valence electrons. The van der Waals surface area contributed by atoms with Crippen LogP contribution in [0.2, 0.25) is 0 Å². The number of ether oxygens (including phenoxy) is 1. The first kappa shape index (κ1) is 18.6. The quantitative estimate of drug-likeness (QED) is 0.522. The van der Waals surface area contributed by atoms with Gasteiger partial charge in [-0.05, 0) is 24.7 Å². The summed E-state index contributed by atoms with van der Waals surface area (Å²) >= 11 is 0. The Morgan fingerprint density at radius 3 is 2.37 bits per heavy atom. The minimum atomic E-state index is 0.814. The van der Waals surface area contributed by atoms with E-state index >= 15 is 0 Å². The number of piperazine rings is 1. The summed E-state index contributed by atoms with van der Waals surface area (Å²) in [7, 11) is 3.87. The number of rotatable bonds is 4. The highest BCUT2D eigenvalue weighted by atomic mass is 16.5. The van der Waals surface area contributed by atoms with E-state index in [9.17, 15) is 0 Å². The lowest BCUT2D eigenvalue weighted by Gasteiger charge is -2.33. The molecule has 1 aliphatic rings. The first-order valence-electron chi connectivity index (χ1n) is 10.2. The summed E-state index contributed by atoms with van der Waals surface area (Å²) in [6.07, 6.45) is 3.84. The number of aromatic nitrogens is 3. The summed E-state index contributed by atoms with van der Waals surface area (Å²) < 4.78 is 7.76. The van der Waals surface area contributed by atoms with Crippen LogP contribution in [0.25, 0.3) is 27.8 Å². The number of para-hydroxylation sites is 2. The highest BCUT2D eigenvalue weighted by Gasteiger charge is 2.23. The summed E-state index contributed by atoms with van der Waals surface area (Å²) in [5.41, 5.74) is 4.14. The van der Waals surface area contributed by atoms with Crippen molar-refractivity contribution in [1.82, 2.24) is 19.4 Å². The van der Waals surface area contributed by atoms with Crippen molar-refractivity contribution in [2.24, 2.45) is 0 Å². The van der Waals surface area contributed by atoms with Crippen LogP contribution in [0.4, 0.5) is 5.82 Å². The lowest BCUT2D eigenvalue weighted by atomic mass is 10.1. The van der Waals surface area contributed by atoms with E-state index in [1.54, 1.807) is 13.4 Å². The molecule has 0 unspecified atom stereocenters. The smallest absolute Gasteiger partial charge is 0.150 e. The lowest BCUT2D eigenvalue weighted by molar-refractivity contribution is 0.312. The van der Waals surface area contributed by atoms with Gasteiger partial charge in [-0.2, -0.15) is 0 Å². The van der Waals surface area contributed by atoms with Crippen LogP contribution >= 0.6 is 0 Å². The van der Waals surface area contributed by atoms with E-state index in [2.05, 4.69) is 57.9 Å². The molecule has 0 N–H and O–H groups in total. The Morgan fingerprint density at radius 2 is 1.60 bits per heavy atom. The fraction of sp³-hybridized carbons (Fsp3) is 0.250. The molecule has 1 aliphatic heterocycles. The molecule has 30 heavy (non-hydrogen) atoms. The van der Waals surface area contributed by atoms with Crippen molar-refractivity contribution >= 4 is 16.9 Å². The molecule has 0 amide bonds. The monoisotopic (exact) mass is 399 g/mol. The topological polar surface area (TPSA) is 46.4 Å². The summed E-state index contributed by atoms with van der Waals surface area (Å²) in [6, 6.07) is 18.5. The molecule has 0 radical (unpaired) electrons. The molecule has 6 heteroatoms. The Bertz CT molecular complexity index is 1160. The number of nitrogens with zero attached hydrogens (tertiary/aromatic N) is 5. The maximum absolute atomic E-state index is 5.64. The first-order valence-corrected chi connectivity index (χ1v) is 10.2. The van der Waals surface area contributed by atoms with Gasteiger partial charge in [0.15, 0.2) is 5.65 Å². The summed E-state index contributed by atoms with van der Waals surface area (Å²) in [6.45, 7) is 3.96. The van der Waals surface area contributed by atoms with Gasteiger partial charge in [0, 0.05) is 37.9 Å². The summed E-state index contributed by atoms with van der Waals surface area (Å²) in [5.74, 6) is 1.81. The molecule has 2 aromatic heterocycles. The highest BCUT2D eigenvalue weighted by molar-refractivity contribution is 6.02. The minimum Gasteiger partial charge on any atom is -0.495 e. The number of methoxy groups -OCH3 is 1. The molecule has 1 fully saturated rings. The molecule has 3 heterocycles. The molecular weight excluding hydrogens is 374 g/mol. The maximum Gasteiger partial charge on any atom is 0.150 e. The normalized spacial score (nSPS) is 14.9. The van der Waals surface area contributed by atoms with Crippen molar-refractivity contribution in [3.8, 4) is 22.6 Å². The van der Waals surface area contributed by atoms with Gasteiger partial charge in [0.1, 0.15) is 17.9 Å². The van der Waals surface area contributed by atoms with Gasteiger partial charge in [-0.25, -0.2) is 9.97 Å². The van der Waals surface area contributed by atoms with Gasteiger partial charge < -0.3 is 14.5 Å². The van der Waals surface area contributed by atoms with Crippen LogP contribution in [0.15, 0.2) is 67.1 Å². The molecule has 6 nitrogen and oxygen atoms in total. The van der Waals surface area contributed by atoms with Crippen LogP contribution < -0.4 is 9.64 Å². The van der Waals surface area contributed by atoms with E-state index in [1.165, 1.54) is 0 Å². The molecule has 1 saturated heterocycles. The molecule has 4 aromatic rings. The van der Waals surface area contributed by atoms with Crippen LogP contribution in [-0.2, 0) is 0 Å². The zero-order valence-corrected chi connectivity index (χ0v) is 17.3.